The summed E-state index contributed by atoms with van der Waals surface area (Å²) in [6.45, 7) is 3.10. The van der Waals surface area contributed by atoms with Crippen molar-refractivity contribution < 1.29 is 13.9 Å². The molecule has 1 atom stereocenters. The van der Waals surface area contributed by atoms with Gasteiger partial charge in [-0.05, 0) is 6.07 Å². The molecule has 0 bridgehead atoms. The molecule has 1 N–H and O–H groups in total. The van der Waals surface area contributed by atoms with Gasteiger partial charge in [0.05, 0.1) is 19.1 Å². The van der Waals surface area contributed by atoms with Gasteiger partial charge in [0.15, 0.2) is 0 Å². The van der Waals surface area contributed by atoms with E-state index in [2.05, 4.69) is 5.32 Å². The first kappa shape index (κ1) is 10.7. The van der Waals surface area contributed by atoms with Crippen LogP contribution in [0.3, 0.4) is 0 Å². The van der Waals surface area contributed by atoms with E-state index >= 15 is 0 Å². The lowest BCUT2D eigenvalue weighted by atomic mass is 10.0. The van der Waals surface area contributed by atoms with Crippen molar-refractivity contribution in [2.45, 2.75) is 18.6 Å². The van der Waals surface area contributed by atoms with Crippen LogP contribution >= 0.6 is 0 Å². The topological polar surface area (TPSA) is 43.6 Å². The van der Waals surface area contributed by atoms with Gasteiger partial charge in [0, 0.05) is 38.8 Å². The van der Waals surface area contributed by atoms with Gasteiger partial charge in [0.25, 0.3) is 0 Å². The Balaban J connectivity index is 1.77. The molecule has 0 saturated carbocycles. The number of hydrogen-bond donors (Lipinski definition) is 1. The van der Waals surface area contributed by atoms with Crippen molar-refractivity contribution in [2.75, 3.05) is 26.9 Å². The molecule has 1 aromatic heterocycles. The molecule has 0 aliphatic carbocycles. The first-order valence-electron chi connectivity index (χ1n) is 5.19. The van der Waals surface area contributed by atoms with E-state index in [-0.39, 0.29) is 5.60 Å². The largest absolute Gasteiger partial charge is 0.472 e. The molecule has 1 aromatic rings. The summed E-state index contributed by atoms with van der Waals surface area (Å²) in [4.78, 5) is 0. The number of rotatable bonds is 5. The summed E-state index contributed by atoms with van der Waals surface area (Å²) in [7, 11) is 1.74. The fourth-order valence-corrected chi connectivity index (χ4v) is 1.79. The minimum atomic E-state index is -0.135. The molecule has 0 radical (unpaired) electrons. The first-order chi connectivity index (χ1) is 7.35. The minimum absolute atomic E-state index is 0.135. The summed E-state index contributed by atoms with van der Waals surface area (Å²) < 4.78 is 15.9. The van der Waals surface area contributed by atoms with Crippen LogP contribution in [-0.4, -0.2) is 32.5 Å². The Bertz CT molecular complexity index is 278. The average molecular weight is 211 g/mol. The molecule has 4 heteroatoms. The average Bonchev–Trinajstić information content (AvgIpc) is 2.89. The number of hydrogen-bond acceptors (Lipinski definition) is 4. The van der Waals surface area contributed by atoms with Crippen molar-refractivity contribution in [3.8, 4) is 0 Å². The van der Waals surface area contributed by atoms with E-state index in [9.17, 15) is 0 Å². The number of furan rings is 1. The lowest BCUT2D eigenvalue weighted by Crippen LogP contribution is -2.42. The molecule has 1 saturated heterocycles. The second kappa shape index (κ2) is 4.79. The zero-order valence-corrected chi connectivity index (χ0v) is 8.99. The predicted molar refractivity (Wildman–Crippen MR) is 55.6 cm³/mol. The van der Waals surface area contributed by atoms with Crippen LogP contribution in [0.2, 0.25) is 0 Å². The molecule has 0 amide bonds. The molecule has 1 unspecified atom stereocenters. The molecular formula is C11H17NO3. The second-order valence-electron chi connectivity index (χ2n) is 3.92. The smallest absolute Gasteiger partial charge is 0.106 e. The fourth-order valence-electron chi connectivity index (χ4n) is 1.79. The maximum absolute atomic E-state index is 5.51. The van der Waals surface area contributed by atoms with Gasteiger partial charge in [-0.25, -0.2) is 0 Å². The Kier molecular flexibility index (Phi) is 3.41. The summed E-state index contributed by atoms with van der Waals surface area (Å²) >= 11 is 0. The molecule has 4 nitrogen and oxygen atoms in total. The monoisotopic (exact) mass is 211 g/mol. The number of ether oxygens (including phenoxy) is 2. The van der Waals surface area contributed by atoms with Crippen LogP contribution in [0.25, 0.3) is 0 Å². The quantitative estimate of drug-likeness (QED) is 0.794. The van der Waals surface area contributed by atoms with E-state index in [4.69, 9.17) is 13.9 Å². The van der Waals surface area contributed by atoms with E-state index in [0.717, 1.165) is 31.7 Å². The zero-order chi connectivity index (χ0) is 10.6. The van der Waals surface area contributed by atoms with Gasteiger partial charge in [-0.1, -0.05) is 0 Å². The Morgan fingerprint density at radius 3 is 3.13 bits per heavy atom. The predicted octanol–water partition coefficient (Wildman–Crippen LogP) is 1.17. The van der Waals surface area contributed by atoms with Gasteiger partial charge in [0.1, 0.15) is 5.60 Å². The van der Waals surface area contributed by atoms with Crippen LogP contribution in [0.4, 0.5) is 0 Å². The van der Waals surface area contributed by atoms with E-state index in [1.165, 1.54) is 0 Å². The summed E-state index contributed by atoms with van der Waals surface area (Å²) in [6.07, 6.45) is 4.39. The molecule has 84 valence electrons. The van der Waals surface area contributed by atoms with Crippen molar-refractivity contribution in [1.29, 1.82) is 0 Å². The first-order valence-corrected chi connectivity index (χ1v) is 5.19. The van der Waals surface area contributed by atoms with Crippen LogP contribution in [0.15, 0.2) is 23.0 Å². The molecule has 1 fully saturated rings. The van der Waals surface area contributed by atoms with Crippen LogP contribution in [0, 0.1) is 0 Å². The fraction of sp³-hybridized carbons (Fsp3) is 0.636. The molecule has 2 heterocycles. The molecule has 1 aliphatic heterocycles. The Labute approximate surface area is 89.6 Å². The van der Waals surface area contributed by atoms with Crippen molar-refractivity contribution >= 4 is 0 Å². The highest BCUT2D eigenvalue weighted by Gasteiger charge is 2.34. The molecule has 2 rings (SSSR count). The maximum Gasteiger partial charge on any atom is 0.106 e. The highest BCUT2D eigenvalue weighted by molar-refractivity contribution is 5.04. The molecule has 1 aliphatic rings. The van der Waals surface area contributed by atoms with Crippen molar-refractivity contribution in [1.82, 2.24) is 5.32 Å². The standard InChI is InChI=1S/C11H17NO3/c1-13-11(3-5-15-9-11)8-12-6-10-2-4-14-7-10/h2,4,7,12H,3,5-6,8-9H2,1H3. The van der Waals surface area contributed by atoms with Crippen molar-refractivity contribution in [3.05, 3.63) is 24.2 Å². The van der Waals surface area contributed by atoms with Crippen LogP contribution in [-0.2, 0) is 16.0 Å². The van der Waals surface area contributed by atoms with E-state index in [0.29, 0.717) is 6.61 Å². The summed E-state index contributed by atoms with van der Waals surface area (Å²) in [6, 6.07) is 1.96. The van der Waals surface area contributed by atoms with Gasteiger partial charge in [-0.15, -0.1) is 0 Å². The SMILES string of the molecule is COC1(CNCc2ccoc2)CCOC1. The number of nitrogens with one attached hydrogen (secondary N) is 1. The summed E-state index contributed by atoms with van der Waals surface area (Å²) in [5.74, 6) is 0. The maximum atomic E-state index is 5.51. The van der Waals surface area contributed by atoms with E-state index < -0.39 is 0 Å². The molecule has 15 heavy (non-hydrogen) atoms. The summed E-state index contributed by atoms with van der Waals surface area (Å²) in [5, 5.41) is 3.36. The molecule has 0 spiro atoms. The Hall–Kier alpha value is -0.840. The van der Waals surface area contributed by atoms with Gasteiger partial charge >= 0.3 is 0 Å². The van der Waals surface area contributed by atoms with Gasteiger partial charge in [-0.2, -0.15) is 0 Å². The van der Waals surface area contributed by atoms with E-state index in [1.807, 2.05) is 6.07 Å². The highest BCUT2D eigenvalue weighted by atomic mass is 16.5. The summed E-state index contributed by atoms with van der Waals surface area (Å²) in [5.41, 5.74) is 1.02. The van der Waals surface area contributed by atoms with Crippen LogP contribution < -0.4 is 5.32 Å². The lowest BCUT2D eigenvalue weighted by Gasteiger charge is -2.25. The third kappa shape index (κ3) is 2.59. The van der Waals surface area contributed by atoms with Crippen LogP contribution in [0.5, 0.6) is 0 Å². The van der Waals surface area contributed by atoms with Gasteiger partial charge < -0.3 is 19.2 Å². The second-order valence-corrected chi connectivity index (χ2v) is 3.92. The molecule has 0 aromatic carbocycles. The normalized spacial score (nSPS) is 25.9. The number of methoxy groups -OCH3 is 1. The van der Waals surface area contributed by atoms with Gasteiger partial charge in [-0.3, -0.25) is 0 Å². The minimum Gasteiger partial charge on any atom is -0.472 e. The van der Waals surface area contributed by atoms with Gasteiger partial charge in [0.2, 0.25) is 0 Å². The zero-order valence-electron chi connectivity index (χ0n) is 8.99. The van der Waals surface area contributed by atoms with Crippen LogP contribution in [0.1, 0.15) is 12.0 Å². The Morgan fingerprint density at radius 1 is 1.60 bits per heavy atom. The van der Waals surface area contributed by atoms with E-state index in [1.54, 1.807) is 19.6 Å². The third-order valence-corrected chi connectivity index (χ3v) is 2.86. The molecular weight excluding hydrogens is 194 g/mol. The Morgan fingerprint density at radius 2 is 2.53 bits per heavy atom. The van der Waals surface area contributed by atoms with Crippen molar-refractivity contribution in [3.63, 3.8) is 0 Å². The van der Waals surface area contributed by atoms with Crippen molar-refractivity contribution in [2.24, 2.45) is 0 Å². The third-order valence-electron chi connectivity index (χ3n) is 2.86. The lowest BCUT2D eigenvalue weighted by molar-refractivity contribution is -0.0159. The highest BCUT2D eigenvalue weighted by Crippen LogP contribution is 2.21.